The zero-order valence-electron chi connectivity index (χ0n) is 84.7. The van der Waals surface area contributed by atoms with Gasteiger partial charge in [-0.3, -0.25) is 0 Å². The van der Waals surface area contributed by atoms with Crippen molar-refractivity contribution in [3.8, 4) is 22.3 Å². The van der Waals surface area contributed by atoms with Crippen LogP contribution in [0, 0.1) is 0 Å². The summed E-state index contributed by atoms with van der Waals surface area (Å²) in [5, 5.41) is 12.1. The Bertz CT molecular complexity index is 8360. The molecule has 0 atom stereocenters. The van der Waals surface area contributed by atoms with Crippen molar-refractivity contribution < 1.29 is 17.7 Å². The van der Waals surface area contributed by atoms with E-state index in [2.05, 4.69) is 542 Å². The molecule has 0 fully saturated rings. The topological polar surface area (TPSA) is 71.1 Å². The average Bonchev–Trinajstić information content (AvgIpc) is 1.51. The second-order valence-corrected chi connectivity index (χ2v) is 46.7. The molecule has 708 valence electrons. The molecule has 143 heavy (non-hydrogen) atoms. The highest BCUT2D eigenvalue weighted by Gasteiger charge is 2.53. The minimum atomic E-state index is -0.883. The Labute approximate surface area is 856 Å². The van der Waals surface area contributed by atoms with Gasteiger partial charge in [0.25, 0.3) is 0 Å². The highest BCUT2D eigenvalue weighted by Crippen LogP contribution is 2.67. The zero-order valence-corrected chi connectivity index (χ0v) is 87.9. The van der Waals surface area contributed by atoms with Crippen molar-refractivity contribution in [2.24, 2.45) is 0 Å². The molecule has 22 aromatic rings. The minimum absolute atomic E-state index is 0.0289. The van der Waals surface area contributed by atoms with Gasteiger partial charge in [-0.05, 0) is 248 Å². The minimum Gasteiger partial charge on any atom is -0.455 e. The largest absolute Gasteiger partial charge is 0.455 e. The van der Waals surface area contributed by atoms with Gasteiger partial charge in [0.05, 0.1) is 32.1 Å². The lowest BCUT2D eigenvalue weighted by molar-refractivity contribution is 0.590. The number of para-hydroxylation sites is 4. The van der Waals surface area contributed by atoms with Gasteiger partial charge >= 0.3 is 0 Å². The first-order chi connectivity index (χ1) is 68.5. The van der Waals surface area contributed by atoms with E-state index in [1.165, 1.54) is 55.6 Å². The molecule has 0 radical (unpaired) electrons. The van der Waals surface area contributed by atoms with Crippen LogP contribution in [0.3, 0.4) is 0 Å². The van der Waals surface area contributed by atoms with Gasteiger partial charge in [-0.15, -0.1) is 0 Å². The maximum atomic E-state index is 7.57. The first-order valence-corrected chi connectivity index (χ1v) is 51.6. The van der Waals surface area contributed by atoms with Crippen molar-refractivity contribution in [3.63, 3.8) is 0 Å². The quantitative estimate of drug-likeness (QED) is 0.131. The first kappa shape index (κ1) is 93.5. The smallest absolute Gasteiger partial charge is 0.160 e. The number of hydrogen-bond acceptors (Lipinski definition) is 7. The summed E-state index contributed by atoms with van der Waals surface area (Å²) in [4.78, 5) is 4.91. The fourth-order valence-corrected chi connectivity index (χ4v) is 23.3. The molecule has 0 saturated carbocycles. The van der Waals surface area contributed by atoms with E-state index in [1.807, 2.05) is 18.2 Å². The van der Waals surface area contributed by atoms with Gasteiger partial charge in [0.1, 0.15) is 39.1 Å². The predicted molar refractivity (Wildman–Crippen MR) is 610 cm³/mol. The maximum Gasteiger partial charge on any atom is 0.160 e. The van der Waals surface area contributed by atoms with E-state index in [1.54, 1.807) is 0 Å². The molecule has 2 aliphatic carbocycles. The normalized spacial score (nSPS) is 13.4. The molecule has 0 spiro atoms. The van der Waals surface area contributed by atoms with Crippen LogP contribution in [0.2, 0.25) is 0 Å². The molecule has 2 aliphatic rings. The Morgan fingerprint density at radius 3 is 0.790 bits per heavy atom. The summed E-state index contributed by atoms with van der Waals surface area (Å²) in [5.41, 5.74) is 35.7. The molecular weight excluding hydrogens is 1880 g/mol. The summed E-state index contributed by atoms with van der Waals surface area (Å²) >= 11 is 7.94. The van der Waals surface area contributed by atoms with Gasteiger partial charge in [-0.25, -0.2) is 0 Å². The Hall–Kier alpha value is -14.5. The van der Waals surface area contributed by atoms with Crippen LogP contribution in [0.25, 0.3) is 110 Å². The average molecular weight is 2000 g/mol. The van der Waals surface area contributed by atoms with Gasteiger partial charge in [0, 0.05) is 98.6 Å². The van der Waals surface area contributed by atoms with Crippen LogP contribution in [0.15, 0.2) is 415 Å². The van der Waals surface area contributed by atoms with Crippen LogP contribution in [0.5, 0.6) is 0 Å². The second kappa shape index (κ2) is 35.3. The lowest BCUT2D eigenvalue weighted by atomic mass is 9.67. The fraction of sp³-hybridized carbons (Fsp3) is 0.194. The van der Waals surface area contributed by atoms with E-state index in [9.17, 15) is 0 Å². The van der Waals surface area contributed by atoms with Crippen molar-refractivity contribution in [1.82, 2.24) is 0 Å². The lowest BCUT2D eigenvalue weighted by Crippen LogP contribution is -2.29. The number of nitrogens with one attached hydrogen (secondary N) is 1. The Balaban J connectivity index is 0.000000154. The Morgan fingerprint density at radius 2 is 0.455 bits per heavy atom. The molecule has 7 nitrogen and oxygen atoms in total. The van der Waals surface area contributed by atoms with E-state index >= 15 is 0 Å². The standard InChI is InChI=1S/C77H72N2O2.C37H20Br2O2.C20H27N/c1-73(2,3)49-31-39-55(40-32-49)78(56-41-33-50(34-42-56)74(4,5)6)63-47-62-70(72-67(63)59-27-19-21-29-65(59)81-72)69-61(77(62,53-23-15-13-16-24-53)54-25-17-14-18-26-54)48-64(71-68(69)60-28-20-22-30-66(60)80-71)79(57-43-35-51(36-44-57)75(7,8)9)58-45-37-52(38-46-58)76(10,11)12;38-27-19-26-34(36-31(27)23-15-7-9-17-29(23)41-36)33-25(20-28(39)35-32(33)24-16-8-10-18-30(24)40-35)37(26,21-11-3-1-4-12-21)22-13-5-2-6-14-22;1-19(2,3)15-7-11-17(12-8-15)21-18-13-9-16(10-14-18)20(4,5)6/h13-48H,1-12H3;1-20H;7-14,21H,1-6H3. The van der Waals surface area contributed by atoms with Crippen molar-refractivity contribution >= 4 is 165 Å². The van der Waals surface area contributed by atoms with Gasteiger partial charge in [-0.2, -0.15) is 0 Å². The molecule has 0 unspecified atom stereocenters. The van der Waals surface area contributed by atoms with Crippen LogP contribution in [-0.4, -0.2) is 0 Å². The molecule has 0 saturated heterocycles. The molecule has 24 rings (SSSR count). The summed E-state index contributed by atoms with van der Waals surface area (Å²) in [6.45, 7) is 40.8. The monoisotopic (exact) mass is 1990 g/mol. The molecule has 4 aromatic heterocycles. The van der Waals surface area contributed by atoms with Gasteiger partial charge in [0.2, 0.25) is 0 Å². The first-order valence-electron chi connectivity index (χ1n) is 50.0. The number of nitrogens with zero attached hydrogens (tertiary/aromatic N) is 2. The van der Waals surface area contributed by atoms with Gasteiger partial charge in [-0.1, -0.05) is 407 Å². The summed E-state index contributed by atoms with van der Waals surface area (Å²) in [5.74, 6) is 0. The third kappa shape index (κ3) is 16.1. The third-order valence-corrected chi connectivity index (χ3v) is 30.9. The van der Waals surface area contributed by atoms with Gasteiger partial charge in [0.15, 0.2) is 5.58 Å². The number of fused-ring (bicyclic) bond motifs is 22. The van der Waals surface area contributed by atoms with Gasteiger partial charge < -0.3 is 32.8 Å². The van der Waals surface area contributed by atoms with E-state index in [0.29, 0.717) is 0 Å². The lowest BCUT2D eigenvalue weighted by Gasteiger charge is -2.36. The molecular formula is C134H119Br2N3O4. The highest BCUT2D eigenvalue weighted by atomic mass is 79.9. The van der Waals surface area contributed by atoms with Crippen molar-refractivity contribution in [3.05, 3.63) is 475 Å². The SMILES string of the molecule is Brc1cc2c(c3c1oc1ccccc13)-c1c(cc(Br)c3c1oc1ccccc13)C2(c1ccccc1)c1ccccc1.CC(C)(C)c1ccc(N(c2ccc(C(C)(C)C)cc2)c2cc3c(c4c2oc2ccccc24)-c2c(cc(N(c4ccc(C(C)(C)C)cc4)c4ccc(C(C)(C)C)cc4)c4c2oc2ccccc24)C3(c2ccccc2)c2ccccc2)cc1.CC(C)(C)c1ccc(Nc2ccc(C(C)(C)C)cc2)cc1. The summed E-state index contributed by atoms with van der Waals surface area (Å²) in [7, 11) is 0. The summed E-state index contributed by atoms with van der Waals surface area (Å²) in [6, 6.07) is 142. The Kier molecular flexibility index (Phi) is 23.1. The van der Waals surface area contributed by atoms with E-state index in [0.717, 1.165) is 187 Å². The van der Waals surface area contributed by atoms with Crippen LogP contribution in [0.4, 0.5) is 45.5 Å². The maximum absolute atomic E-state index is 7.57. The summed E-state index contributed by atoms with van der Waals surface area (Å²) in [6.07, 6.45) is 0. The number of furan rings is 4. The molecule has 1 N–H and O–H groups in total. The second-order valence-electron chi connectivity index (χ2n) is 45.0. The number of benzene rings is 18. The number of rotatable bonds is 12. The van der Waals surface area contributed by atoms with Crippen molar-refractivity contribution in [1.29, 1.82) is 0 Å². The molecule has 0 aliphatic heterocycles. The molecule has 0 bridgehead atoms. The predicted octanol–water partition coefficient (Wildman–Crippen LogP) is 39.4. The number of anilines is 8. The highest BCUT2D eigenvalue weighted by molar-refractivity contribution is 9.11. The fourth-order valence-electron chi connectivity index (χ4n) is 22.2. The Morgan fingerprint density at radius 1 is 0.217 bits per heavy atom. The zero-order chi connectivity index (χ0) is 99.3. The third-order valence-electron chi connectivity index (χ3n) is 29.6. The van der Waals surface area contributed by atoms with Crippen LogP contribution in [-0.2, 0) is 43.3 Å². The van der Waals surface area contributed by atoms with E-state index in [-0.39, 0.29) is 32.5 Å². The molecule has 4 heterocycles. The number of hydrogen-bond donors (Lipinski definition) is 1. The van der Waals surface area contributed by atoms with Crippen LogP contribution >= 0.6 is 31.9 Å². The number of halogens is 2. The molecule has 0 amide bonds. The summed E-state index contributed by atoms with van der Waals surface area (Å²) < 4.78 is 30.3. The molecule has 18 aromatic carbocycles. The van der Waals surface area contributed by atoms with E-state index < -0.39 is 10.8 Å². The van der Waals surface area contributed by atoms with Crippen molar-refractivity contribution in [2.45, 2.75) is 168 Å². The van der Waals surface area contributed by atoms with Crippen LogP contribution < -0.4 is 15.1 Å². The van der Waals surface area contributed by atoms with E-state index in [4.69, 9.17) is 17.7 Å². The molecule has 9 heteroatoms. The van der Waals surface area contributed by atoms with Crippen LogP contribution in [0.1, 0.15) is 203 Å². The van der Waals surface area contributed by atoms with Crippen molar-refractivity contribution in [2.75, 3.05) is 15.1 Å².